The summed E-state index contributed by atoms with van der Waals surface area (Å²) in [6.45, 7) is 2.24. The minimum atomic E-state index is -4.70. The van der Waals surface area contributed by atoms with Crippen LogP contribution in [-0.4, -0.2) is 23.6 Å². The Morgan fingerprint density at radius 2 is 1.95 bits per heavy atom. The number of fused-ring (bicyclic) bond motifs is 1. The molecule has 0 bridgehead atoms. The fourth-order valence-corrected chi connectivity index (χ4v) is 2.50. The van der Waals surface area contributed by atoms with Gasteiger partial charge in [0.15, 0.2) is 5.82 Å². The summed E-state index contributed by atoms with van der Waals surface area (Å²) >= 11 is 8.35. The van der Waals surface area contributed by atoms with Gasteiger partial charge >= 0.3 is 6.18 Å². The van der Waals surface area contributed by atoms with E-state index in [4.69, 9.17) is 11.6 Å². The van der Waals surface area contributed by atoms with Gasteiger partial charge in [0.1, 0.15) is 11.3 Å². The van der Waals surface area contributed by atoms with Gasteiger partial charge in [-0.25, -0.2) is 9.37 Å². The van der Waals surface area contributed by atoms with Crippen molar-refractivity contribution in [3.63, 3.8) is 0 Å². The summed E-state index contributed by atoms with van der Waals surface area (Å²) in [6, 6.07) is 0.820. The molecule has 0 radical (unpaired) electrons. The maximum absolute atomic E-state index is 14.2. The van der Waals surface area contributed by atoms with Crippen molar-refractivity contribution >= 4 is 44.3 Å². The number of anilines is 1. The van der Waals surface area contributed by atoms with Crippen molar-refractivity contribution in [1.82, 2.24) is 9.97 Å². The van der Waals surface area contributed by atoms with Crippen LogP contribution in [-0.2, 0) is 6.18 Å². The van der Waals surface area contributed by atoms with Gasteiger partial charge in [-0.3, -0.25) is 0 Å². The number of rotatable bonds is 2. The van der Waals surface area contributed by atoms with E-state index in [1.807, 2.05) is 0 Å². The summed E-state index contributed by atoms with van der Waals surface area (Å²) in [7, 11) is 1.62. The van der Waals surface area contributed by atoms with E-state index in [0.29, 0.717) is 6.54 Å². The van der Waals surface area contributed by atoms with E-state index in [9.17, 15) is 17.6 Å². The van der Waals surface area contributed by atoms with Gasteiger partial charge in [0.2, 0.25) is 5.28 Å². The maximum Gasteiger partial charge on any atom is 0.417 e. The molecule has 1 aromatic carbocycles. The Hall–Kier alpha value is -1.15. The molecular formula is C12H9BrClF4N3. The predicted molar refractivity (Wildman–Crippen MR) is 76.2 cm³/mol. The van der Waals surface area contributed by atoms with Gasteiger partial charge in [-0.15, -0.1) is 0 Å². The summed E-state index contributed by atoms with van der Waals surface area (Å²) in [4.78, 5) is 9.15. The molecule has 114 valence electrons. The van der Waals surface area contributed by atoms with Crippen molar-refractivity contribution in [2.24, 2.45) is 0 Å². The van der Waals surface area contributed by atoms with Gasteiger partial charge in [0.05, 0.1) is 10.0 Å². The van der Waals surface area contributed by atoms with Gasteiger partial charge < -0.3 is 4.90 Å². The molecule has 0 unspecified atom stereocenters. The molecule has 0 atom stereocenters. The average Bonchev–Trinajstić information content (AvgIpc) is 2.40. The number of aromatic nitrogens is 2. The van der Waals surface area contributed by atoms with E-state index in [1.54, 1.807) is 18.9 Å². The first-order valence-electron chi connectivity index (χ1n) is 5.80. The fraction of sp³-hybridized carbons (Fsp3) is 0.333. The molecule has 0 aliphatic carbocycles. The molecule has 0 N–H and O–H groups in total. The van der Waals surface area contributed by atoms with Crippen LogP contribution in [0.1, 0.15) is 12.5 Å². The highest BCUT2D eigenvalue weighted by atomic mass is 79.9. The zero-order chi connectivity index (χ0) is 15.9. The van der Waals surface area contributed by atoms with E-state index >= 15 is 0 Å². The number of halogens is 6. The minimum absolute atomic E-state index is 0.0447. The van der Waals surface area contributed by atoms with Crippen molar-refractivity contribution in [2.45, 2.75) is 13.1 Å². The molecule has 0 aliphatic heterocycles. The molecule has 1 aromatic heterocycles. The van der Waals surface area contributed by atoms with Gasteiger partial charge in [-0.05, 0) is 40.5 Å². The lowest BCUT2D eigenvalue weighted by molar-refractivity contribution is -0.138. The molecule has 1 heterocycles. The zero-order valence-corrected chi connectivity index (χ0v) is 13.2. The highest BCUT2D eigenvalue weighted by Crippen LogP contribution is 2.40. The van der Waals surface area contributed by atoms with Crippen LogP contribution in [0.25, 0.3) is 10.9 Å². The first kappa shape index (κ1) is 16.2. The van der Waals surface area contributed by atoms with Crippen LogP contribution in [0.5, 0.6) is 0 Å². The Kier molecular flexibility index (Phi) is 4.30. The molecule has 9 heteroatoms. The molecule has 0 amide bonds. The van der Waals surface area contributed by atoms with E-state index in [-0.39, 0.29) is 22.0 Å². The van der Waals surface area contributed by atoms with Crippen LogP contribution >= 0.6 is 27.5 Å². The number of hydrogen-bond acceptors (Lipinski definition) is 3. The standard InChI is InChI=1S/C12H9BrClF4N3/c1-3-21(2)10-5-4-6(12(16,17)18)7(13)8(15)9(5)19-11(14)20-10/h4H,3H2,1-2H3. The van der Waals surface area contributed by atoms with Crippen LogP contribution in [0.4, 0.5) is 23.4 Å². The summed E-state index contributed by atoms with van der Waals surface area (Å²) < 4.78 is 52.4. The molecule has 0 saturated heterocycles. The first-order chi connectivity index (χ1) is 9.66. The molecule has 0 saturated carbocycles. The predicted octanol–water partition coefficient (Wildman–Crippen LogP) is 4.66. The van der Waals surface area contributed by atoms with E-state index in [1.165, 1.54) is 0 Å². The monoisotopic (exact) mass is 385 g/mol. The van der Waals surface area contributed by atoms with E-state index in [0.717, 1.165) is 6.07 Å². The average molecular weight is 387 g/mol. The molecular weight excluding hydrogens is 378 g/mol. The van der Waals surface area contributed by atoms with E-state index in [2.05, 4.69) is 25.9 Å². The lowest BCUT2D eigenvalue weighted by Crippen LogP contribution is -2.18. The topological polar surface area (TPSA) is 29.0 Å². The van der Waals surface area contributed by atoms with Gasteiger partial charge in [-0.2, -0.15) is 18.2 Å². The molecule has 3 nitrogen and oxygen atoms in total. The molecule has 2 rings (SSSR count). The summed E-state index contributed by atoms with van der Waals surface area (Å²) in [5.74, 6) is -0.973. The normalized spacial score (nSPS) is 12.0. The van der Waals surface area contributed by atoms with Gasteiger partial charge in [0, 0.05) is 19.0 Å². The molecule has 0 aliphatic rings. The SMILES string of the molecule is CCN(C)c1nc(Cl)nc2c(F)c(Br)c(C(F)(F)F)cc12. The van der Waals surface area contributed by atoms with Crippen LogP contribution in [0.15, 0.2) is 10.5 Å². The summed E-state index contributed by atoms with van der Waals surface area (Å²) in [5, 5.41) is -0.278. The smallest absolute Gasteiger partial charge is 0.359 e. The Balaban J connectivity index is 2.91. The largest absolute Gasteiger partial charge is 0.417 e. The van der Waals surface area contributed by atoms with Gasteiger partial charge in [0.25, 0.3) is 0 Å². The van der Waals surface area contributed by atoms with Crippen molar-refractivity contribution in [1.29, 1.82) is 0 Å². The molecule has 0 fully saturated rings. The Bertz CT molecular complexity index is 705. The van der Waals surface area contributed by atoms with E-state index < -0.39 is 22.0 Å². The van der Waals surface area contributed by atoms with Crippen molar-refractivity contribution in [3.8, 4) is 0 Å². The Morgan fingerprint density at radius 1 is 1.33 bits per heavy atom. The lowest BCUT2D eigenvalue weighted by Gasteiger charge is -2.19. The van der Waals surface area contributed by atoms with Crippen LogP contribution in [0.3, 0.4) is 0 Å². The third-order valence-electron chi connectivity index (χ3n) is 2.97. The quantitative estimate of drug-likeness (QED) is 0.555. The summed E-state index contributed by atoms with van der Waals surface area (Å²) in [5.41, 5.74) is -1.38. The second-order valence-electron chi connectivity index (χ2n) is 4.28. The molecule has 2 aromatic rings. The number of nitrogens with zero attached hydrogens (tertiary/aromatic N) is 3. The molecule has 0 spiro atoms. The van der Waals surface area contributed by atoms with Crippen LogP contribution in [0.2, 0.25) is 5.28 Å². The number of benzene rings is 1. The Labute approximate surface area is 131 Å². The third-order valence-corrected chi connectivity index (χ3v) is 3.91. The highest BCUT2D eigenvalue weighted by molar-refractivity contribution is 9.10. The fourth-order valence-electron chi connectivity index (χ4n) is 1.81. The van der Waals surface area contributed by atoms with Crippen LogP contribution in [0, 0.1) is 5.82 Å². The second kappa shape index (κ2) is 5.57. The number of hydrogen-bond donors (Lipinski definition) is 0. The second-order valence-corrected chi connectivity index (χ2v) is 5.41. The summed E-state index contributed by atoms with van der Waals surface area (Å²) in [6.07, 6.45) is -4.70. The van der Waals surface area contributed by atoms with Crippen molar-refractivity contribution in [3.05, 3.63) is 27.2 Å². The minimum Gasteiger partial charge on any atom is -0.359 e. The third kappa shape index (κ3) is 2.91. The first-order valence-corrected chi connectivity index (χ1v) is 6.97. The lowest BCUT2D eigenvalue weighted by atomic mass is 10.1. The number of alkyl halides is 3. The zero-order valence-electron chi connectivity index (χ0n) is 10.9. The molecule has 21 heavy (non-hydrogen) atoms. The maximum atomic E-state index is 14.2. The highest BCUT2D eigenvalue weighted by Gasteiger charge is 2.36. The van der Waals surface area contributed by atoms with Crippen molar-refractivity contribution in [2.75, 3.05) is 18.5 Å². The van der Waals surface area contributed by atoms with Crippen molar-refractivity contribution < 1.29 is 17.6 Å². The van der Waals surface area contributed by atoms with Crippen LogP contribution < -0.4 is 4.90 Å². The van der Waals surface area contributed by atoms with Gasteiger partial charge in [-0.1, -0.05) is 0 Å². The Morgan fingerprint density at radius 3 is 2.48 bits per heavy atom.